The van der Waals surface area contributed by atoms with Gasteiger partial charge in [-0.25, -0.2) is 0 Å². The quantitative estimate of drug-likeness (QED) is 0.663. The molecular formula is C21H30ClN5O2. The molecule has 7 nitrogen and oxygen atoms in total. The van der Waals surface area contributed by atoms with Gasteiger partial charge in [0.15, 0.2) is 0 Å². The Hall–Kier alpha value is -1.83. The number of amides is 1. The van der Waals surface area contributed by atoms with Gasteiger partial charge >= 0.3 is 0 Å². The fraction of sp³-hybridized carbons (Fsp3) is 0.619. The minimum atomic E-state index is -0.141. The standard InChI is InChI=1S/C21H30ClN5O2/c1-2-29-13-3-8-23-19(28)15-26-10-6-21(7-11-26)25-18-14-16(22)4-5-17(18)20-24-9-12-27(20)21/h4-5,14,25H,2-3,6-13,15H2,1H3,(H,23,28). The third-order valence-corrected chi connectivity index (χ3v) is 6.22. The van der Waals surface area contributed by atoms with Gasteiger partial charge in [0.05, 0.1) is 13.1 Å². The predicted molar refractivity (Wildman–Crippen MR) is 116 cm³/mol. The highest BCUT2D eigenvalue weighted by molar-refractivity contribution is 6.31. The Morgan fingerprint density at radius 2 is 2.17 bits per heavy atom. The lowest BCUT2D eigenvalue weighted by molar-refractivity contribution is -0.122. The second kappa shape index (κ2) is 8.90. The maximum Gasteiger partial charge on any atom is 0.234 e. The van der Waals surface area contributed by atoms with Crippen LogP contribution in [0.2, 0.25) is 5.02 Å². The zero-order valence-electron chi connectivity index (χ0n) is 17.0. The minimum Gasteiger partial charge on any atom is -0.382 e. The number of halogens is 1. The molecule has 0 aromatic heterocycles. The third-order valence-electron chi connectivity index (χ3n) is 5.99. The first kappa shape index (κ1) is 20.4. The highest BCUT2D eigenvalue weighted by atomic mass is 35.5. The van der Waals surface area contributed by atoms with Gasteiger partial charge in [0, 0.05) is 68.5 Å². The van der Waals surface area contributed by atoms with Gasteiger partial charge in [-0.1, -0.05) is 11.6 Å². The highest BCUT2D eigenvalue weighted by Crippen LogP contribution is 2.40. The van der Waals surface area contributed by atoms with Crippen LogP contribution in [0.1, 0.15) is 31.7 Å². The topological polar surface area (TPSA) is 69.2 Å². The number of carbonyl (C=O) groups is 1. The van der Waals surface area contributed by atoms with E-state index in [1.165, 1.54) is 0 Å². The van der Waals surface area contributed by atoms with Gasteiger partial charge in [0.1, 0.15) is 11.5 Å². The predicted octanol–water partition coefficient (Wildman–Crippen LogP) is 2.16. The molecule has 3 aliphatic heterocycles. The fourth-order valence-electron chi connectivity index (χ4n) is 4.51. The molecular weight excluding hydrogens is 390 g/mol. The Bertz CT molecular complexity index is 776. The van der Waals surface area contributed by atoms with E-state index in [2.05, 4.69) is 26.5 Å². The Kier molecular flexibility index (Phi) is 6.27. The maximum atomic E-state index is 12.2. The molecule has 1 aromatic rings. The highest BCUT2D eigenvalue weighted by Gasteiger charge is 2.46. The zero-order chi connectivity index (χ0) is 20.3. The smallest absolute Gasteiger partial charge is 0.234 e. The number of nitrogens with one attached hydrogen (secondary N) is 2. The molecule has 0 aliphatic carbocycles. The monoisotopic (exact) mass is 419 g/mol. The molecule has 0 bridgehead atoms. The van der Waals surface area contributed by atoms with E-state index in [-0.39, 0.29) is 11.6 Å². The first-order valence-electron chi connectivity index (χ1n) is 10.6. The molecule has 0 saturated carbocycles. The van der Waals surface area contributed by atoms with Crippen LogP contribution in [-0.2, 0) is 9.53 Å². The van der Waals surface area contributed by atoms with Crippen LogP contribution in [-0.4, -0.2) is 79.7 Å². The number of nitrogens with zero attached hydrogens (tertiary/aromatic N) is 3. The van der Waals surface area contributed by atoms with Gasteiger partial charge in [-0.3, -0.25) is 14.7 Å². The van der Waals surface area contributed by atoms with Crippen LogP contribution >= 0.6 is 11.6 Å². The van der Waals surface area contributed by atoms with Gasteiger partial charge in [-0.15, -0.1) is 0 Å². The lowest BCUT2D eigenvalue weighted by atomic mass is 9.90. The Labute approximate surface area is 177 Å². The second-order valence-corrected chi connectivity index (χ2v) is 8.32. The van der Waals surface area contributed by atoms with Gasteiger partial charge in [0.2, 0.25) is 5.91 Å². The number of hydrogen-bond donors (Lipinski definition) is 2. The summed E-state index contributed by atoms with van der Waals surface area (Å²) in [7, 11) is 0. The van der Waals surface area contributed by atoms with Crippen molar-refractivity contribution in [3.63, 3.8) is 0 Å². The van der Waals surface area contributed by atoms with Crippen molar-refractivity contribution in [3.8, 4) is 0 Å². The lowest BCUT2D eigenvalue weighted by Crippen LogP contribution is -2.63. The van der Waals surface area contributed by atoms with Crippen LogP contribution in [0.15, 0.2) is 23.2 Å². The number of rotatable bonds is 7. The van der Waals surface area contributed by atoms with Gasteiger partial charge < -0.3 is 20.3 Å². The molecule has 1 spiro atoms. The molecule has 158 valence electrons. The van der Waals surface area contributed by atoms with Crippen LogP contribution in [0.4, 0.5) is 5.69 Å². The Morgan fingerprint density at radius 3 is 2.97 bits per heavy atom. The van der Waals surface area contributed by atoms with E-state index >= 15 is 0 Å². The van der Waals surface area contributed by atoms with Crippen LogP contribution in [0.25, 0.3) is 0 Å². The van der Waals surface area contributed by atoms with E-state index in [1.807, 2.05) is 19.1 Å². The van der Waals surface area contributed by atoms with Crippen LogP contribution < -0.4 is 10.6 Å². The minimum absolute atomic E-state index is 0.0922. The van der Waals surface area contributed by atoms with E-state index in [4.69, 9.17) is 21.3 Å². The number of aliphatic imine (C=N–C) groups is 1. The number of amidine groups is 1. The molecule has 0 atom stereocenters. The van der Waals surface area contributed by atoms with Crippen molar-refractivity contribution in [2.75, 3.05) is 57.8 Å². The maximum absolute atomic E-state index is 12.2. The number of ether oxygens (including phenoxy) is 1. The summed E-state index contributed by atoms with van der Waals surface area (Å²) >= 11 is 6.24. The summed E-state index contributed by atoms with van der Waals surface area (Å²) in [4.78, 5) is 21.7. The van der Waals surface area contributed by atoms with Crippen molar-refractivity contribution in [2.45, 2.75) is 31.8 Å². The third kappa shape index (κ3) is 4.37. The summed E-state index contributed by atoms with van der Waals surface area (Å²) in [5.41, 5.74) is 2.05. The Morgan fingerprint density at radius 1 is 1.34 bits per heavy atom. The van der Waals surface area contributed by atoms with Gasteiger partial charge in [-0.2, -0.15) is 0 Å². The zero-order valence-corrected chi connectivity index (χ0v) is 17.8. The second-order valence-electron chi connectivity index (χ2n) is 7.88. The first-order chi connectivity index (χ1) is 14.1. The van der Waals surface area contributed by atoms with E-state index in [9.17, 15) is 4.79 Å². The average molecular weight is 420 g/mol. The van der Waals surface area contributed by atoms with Crippen molar-refractivity contribution in [1.82, 2.24) is 15.1 Å². The van der Waals surface area contributed by atoms with Crippen LogP contribution in [0, 0.1) is 0 Å². The molecule has 3 aliphatic rings. The van der Waals surface area contributed by atoms with Crippen molar-refractivity contribution >= 4 is 29.0 Å². The molecule has 1 aromatic carbocycles. The number of fused-ring (bicyclic) bond motifs is 4. The number of likely N-dealkylation sites (tertiary alicyclic amines) is 1. The molecule has 2 N–H and O–H groups in total. The molecule has 0 unspecified atom stereocenters. The number of carbonyl (C=O) groups excluding carboxylic acids is 1. The van der Waals surface area contributed by atoms with E-state index in [0.29, 0.717) is 19.7 Å². The molecule has 1 saturated heterocycles. The van der Waals surface area contributed by atoms with Crippen molar-refractivity contribution in [2.24, 2.45) is 4.99 Å². The summed E-state index contributed by atoms with van der Waals surface area (Å²) in [6, 6.07) is 5.98. The fourth-order valence-corrected chi connectivity index (χ4v) is 4.68. The summed E-state index contributed by atoms with van der Waals surface area (Å²) < 4.78 is 5.30. The van der Waals surface area contributed by atoms with E-state index < -0.39 is 0 Å². The molecule has 29 heavy (non-hydrogen) atoms. The van der Waals surface area contributed by atoms with Gasteiger partial charge in [0.25, 0.3) is 0 Å². The summed E-state index contributed by atoms with van der Waals surface area (Å²) in [6.07, 6.45) is 2.73. The Balaban J connectivity index is 1.34. The van der Waals surface area contributed by atoms with Crippen molar-refractivity contribution in [3.05, 3.63) is 28.8 Å². The van der Waals surface area contributed by atoms with Crippen LogP contribution in [0.3, 0.4) is 0 Å². The average Bonchev–Trinajstić information content (AvgIpc) is 3.21. The first-order valence-corrected chi connectivity index (χ1v) is 11.0. The van der Waals surface area contributed by atoms with Crippen LogP contribution in [0.5, 0.6) is 0 Å². The normalized spacial score (nSPS) is 20.1. The van der Waals surface area contributed by atoms with E-state index in [1.54, 1.807) is 0 Å². The number of benzene rings is 1. The molecule has 8 heteroatoms. The van der Waals surface area contributed by atoms with Crippen molar-refractivity contribution < 1.29 is 9.53 Å². The molecule has 4 rings (SSSR count). The largest absolute Gasteiger partial charge is 0.382 e. The number of anilines is 1. The SMILES string of the molecule is CCOCCCNC(=O)CN1CCC2(CC1)Nc1cc(Cl)ccc1C1=NCCN12. The van der Waals surface area contributed by atoms with Gasteiger partial charge in [-0.05, 0) is 31.5 Å². The lowest BCUT2D eigenvalue weighted by Gasteiger charge is -2.52. The molecule has 1 amide bonds. The summed E-state index contributed by atoms with van der Waals surface area (Å²) in [5.74, 6) is 1.17. The summed E-state index contributed by atoms with van der Waals surface area (Å²) in [5, 5.41) is 7.50. The van der Waals surface area contributed by atoms with E-state index in [0.717, 1.165) is 74.2 Å². The molecule has 3 heterocycles. The van der Waals surface area contributed by atoms with Crippen molar-refractivity contribution in [1.29, 1.82) is 0 Å². The molecule has 0 radical (unpaired) electrons. The summed E-state index contributed by atoms with van der Waals surface area (Å²) in [6.45, 7) is 8.03. The number of hydrogen-bond acceptors (Lipinski definition) is 6. The molecule has 1 fully saturated rings. The number of piperidine rings is 1.